The van der Waals surface area contributed by atoms with Gasteiger partial charge in [0.25, 0.3) is 5.91 Å². The summed E-state index contributed by atoms with van der Waals surface area (Å²) in [5.74, 6) is -0.441. The Morgan fingerprint density at radius 1 is 1.14 bits per heavy atom. The third-order valence-electron chi connectivity index (χ3n) is 6.48. The maximum Gasteiger partial charge on any atom is 0.254 e. The molecule has 36 heavy (non-hydrogen) atoms. The summed E-state index contributed by atoms with van der Waals surface area (Å²) in [5, 5.41) is 6.33. The molecule has 3 aromatic heterocycles. The van der Waals surface area contributed by atoms with Gasteiger partial charge < -0.3 is 16.4 Å². The molecule has 1 aliphatic carbocycles. The van der Waals surface area contributed by atoms with Crippen molar-refractivity contribution in [3.05, 3.63) is 77.8 Å². The van der Waals surface area contributed by atoms with Gasteiger partial charge >= 0.3 is 0 Å². The number of anilines is 1. The molecule has 1 aliphatic rings. The Balaban J connectivity index is 0.00000304. The van der Waals surface area contributed by atoms with Gasteiger partial charge in [0.15, 0.2) is 5.82 Å². The Morgan fingerprint density at radius 3 is 2.64 bits per heavy atom. The first-order valence-electron chi connectivity index (χ1n) is 11.5. The van der Waals surface area contributed by atoms with E-state index in [0.717, 1.165) is 41.6 Å². The van der Waals surface area contributed by atoms with Gasteiger partial charge in [0, 0.05) is 42.7 Å². The Morgan fingerprint density at radius 2 is 1.94 bits per heavy atom. The van der Waals surface area contributed by atoms with Crippen LogP contribution < -0.4 is 16.4 Å². The molecule has 10 heteroatoms. The van der Waals surface area contributed by atoms with Crippen molar-refractivity contribution < 1.29 is 9.18 Å². The number of fused-ring (bicyclic) bond motifs is 1. The molecule has 8 nitrogen and oxygen atoms in total. The topological polar surface area (TPSA) is 119 Å². The Bertz CT molecular complexity index is 1410. The highest BCUT2D eigenvalue weighted by molar-refractivity contribution is 7.59. The molecule has 1 amide bonds. The molecule has 5 rings (SSSR count). The molecule has 0 radical (unpaired) electrons. The van der Waals surface area contributed by atoms with Gasteiger partial charge in [0.1, 0.15) is 12.1 Å². The van der Waals surface area contributed by atoms with Crippen LogP contribution in [-0.4, -0.2) is 39.4 Å². The monoisotopic (exact) mass is 505 g/mol. The zero-order valence-corrected chi connectivity index (χ0v) is 21.0. The van der Waals surface area contributed by atoms with Crippen LogP contribution in [0.3, 0.4) is 0 Å². The van der Waals surface area contributed by atoms with Gasteiger partial charge in [-0.25, -0.2) is 14.4 Å². The predicted molar refractivity (Wildman–Crippen MR) is 143 cm³/mol. The number of aromatic nitrogens is 4. The molecule has 0 aliphatic heterocycles. The van der Waals surface area contributed by atoms with Crippen LogP contribution in [-0.2, 0) is 5.54 Å². The van der Waals surface area contributed by atoms with Crippen molar-refractivity contribution in [2.24, 2.45) is 5.73 Å². The van der Waals surface area contributed by atoms with E-state index in [1.165, 1.54) is 13.4 Å². The average Bonchev–Trinajstić information content (AvgIpc) is 3.65. The molecule has 0 bridgehead atoms. The van der Waals surface area contributed by atoms with Crippen LogP contribution in [0.1, 0.15) is 47.3 Å². The molecule has 186 valence electrons. The van der Waals surface area contributed by atoms with Gasteiger partial charge in [-0.2, -0.15) is 13.5 Å². The van der Waals surface area contributed by atoms with Gasteiger partial charge in [-0.05, 0) is 30.5 Å². The predicted octanol–water partition coefficient (Wildman–Crippen LogP) is 3.86. The first kappa shape index (κ1) is 25.5. The summed E-state index contributed by atoms with van der Waals surface area (Å²) in [6.07, 6.45) is 6.34. The van der Waals surface area contributed by atoms with E-state index < -0.39 is 11.7 Å². The second kappa shape index (κ2) is 10.2. The number of nitrogens with zero attached hydrogens (tertiary/aromatic N) is 4. The van der Waals surface area contributed by atoms with E-state index in [2.05, 4.69) is 30.6 Å². The molecule has 1 fully saturated rings. The number of amides is 1. The van der Waals surface area contributed by atoms with Crippen LogP contribution in [0.25, 0.3) is 22.2 Å². The minimum atomic E-state index is -0.644. The highest BCUT2D eigenvalue weighted by Gasteiger charge is 2.41. The van der Waals surface area contributed by atoms with Gasteiger partial charge in [0.05, 0.1) is 34.2 Å². The zero-order valence-electron chi connectivity index (χ0n) is 20.0. The molecule has 4 aromatic rings. The van der Waals surface area contributed by atoms with Crippen molar-refractivity contribution in [3.8, 4) is 11.3 Å². The number of halogens is 1. The van der Waals surface area contributed by atoms with E-state index in [-0.39, 0.29) is 30.5 Å². The number of carbonyl (C=O) groups is 1. The average molecular weight is 506 g/mol. The number of para-hydroxylation sites is 1. The highest BCUT2D eigenvalue weighted by Crippen LogP contribution is 2.41. The summed E-state index contributed by atoms with van der Waals surface area (Å²) >= 11 is 0. The summed E-state index contributed by atoms with van der Waals surface area (Å²) in [4.78, 5) is 29.8. The smallest absolute Gasteiger partial charge is 0.254 e. The quantitative estimate of drug-likeness (QED) is 0.349. The molecule has 1 saturated carbocycles. The lowest BCUT2D eigenvalue weighted by Crippen LogP contribution is -2.20. The SMILES string of the molecule is CNC(=O)c1c(F)cnc2c([C@H](C)CNc3cc(-c4ccc(C5(N)CC5)nc4)ncn3)cccc12.S. The summed E-state index contributed by atoms with van der Waals surface area (Å²) in [7, 11) is 1.48. The lowest BCUT2D eigenvalue weighted by molar-refractivity contribution is 0.0960. The van der Waals surface area contributed by atoms with Crippen molar-refractivity contribution in [2.75, 3.05) is 18.9 Å². The van der Waals surface area contributed by atoms with Crippen molar-refractivity contribution in [3.63, 3.8) is 0 Å². The van der Waals surface area contributed by atoms with Crippen LogP contribution >= 0.6 is 13.5 Å². The van der Waals surface area contributed by atoms with Crippen LogP contribution in [0, 0.1) is 5.82 Å². The van der Waals surface area contributed by atoms with E-state index in [9.17, 15) is 9.18 Å². The fourth-order valence-corrected chi connectivity index (χ4v) is 4.19. The van der Waals surface area contributed by atoms with E-state index in [0.29, 0.717) is 23.3 Å². The molecule has 3 heterocycles. The van der Waals surface area contributed by atoms with Crippen molar-refractivity contribution >= 4 is 36.1 Å². The number of hydrogen-bond donors (Lipinski definition) is 3. The van der Waals surface area contributed by atoms with Gasteiger partial charge in [0.2, 0.25) is 0 Å². The lowest BCUT2D eigenvalue weighted by atomic mass is 9.96. The van der Waals surface area contributed by atoms with Gasteiger partial charge in [-0.1, -0.05) is 25.1 Å². The molecular weight excluding hydrogens is 477 g/mol. The zero-order chi connectivity index (χ0) is 24.6. The van der Waals surface area contributed by atoms with E-state index in [1.807, 2.05) is 37.3 Å². The van der Waals surface area contributed by atoms with Crippen molar-refractivity contribution in [1.82, 2.24) is 25.3 Å². The van der Waals surface area contributed by atoms with E-state index >= 15 is 0 Å². The fourth-order valence-electron chi connectivity index (χ4n) is 4.19. The standard InChI is InChI=1S/C26H26FN7O.H2S/c1-15(17-4-3-5-18-23(25(35)29-2)19(27)13-32-24(17)18)11-31-22-10-20(33-14-34-22)16-6-7-21(30-12-16)26(28)8-9-26;/h3-7,10,12-15H,8-9,11,28H2,1-2H3,(H,29,35)(H,31,33,34);1H2/t15-;/m1./s1. The molecular formula is C26H28FN7OS. The summed E-state index contributed by atoms with van der Waals surface area (Å²) in [6, 6.07) is 11.3. The van der Waals surface area contributed by atoms with E-state index in [4.69, 9.17) is 5.73 Å². The van der Waals surface area contributed by atoms with Crippen LogP contribution in [0.15, 0.2) is 55.1 Å². The molecule has 1 aromatic carbocycles. The number of pyridine rings is 2. The Hall–Kier alpha value is -3.63. The number of rotatable bonds is 7. The molecule has 0 unspecified atom stereocenters. The Kier molecular flexibility index (Phi) is 7.18. The summed E-state index contributed by atoms with van der Waals surface area (Å²) in [5.41, 5.74) is 10.0. The third kappa shape index (κ3) is 4.87. The molecule has 0 spiro atoms. The third-order valence-corrected chi connectivity index (χ3v) is 6.48. The first-order chi connectivity index (χ1) is 16.9. The molecule has 4 N–H and O–H groups in total. The van der Waals surface area contributed by atoms with E-state index in [1.54, 1.807) is 12.3 Å². The molecule has 0 saturated heterocycles. The van der Waals surface area contributed by atoms with Crippen LogP contribution in [0.4, 0.5) is 10.2 Å². The van der Waals surface area contributed by atoms with Crippen molar-refractivity contribution in [2.45, 2.75) is 31.2 Å². The van der Waals surface area contributed by atoms with Crippen LogP contribution in [0.5, 0.6) is 0 Å². The maximum absolute atomic E-state index is 14.4. The fraction of sp³-hybridized carbons (Fsp3) is 0.269. The van der Waals surface area contributed by atoms with Gasteiger partial charge in [-0.3, -0.25) is 14.8 Å². The number of carbonyl (C=O) groups excluding carboxylic acids is 1. The minimum absolute atomic E-state index is 0. The summed E-state index contributed by atoms with van der Waals surface area (Å²) in [6.45, 7) is 2.59. The Labute approximate surface area is 215 Å². The summed E-state index contributed by atoms with van der Waals surface area (Å²) < 4.78 is 14.4. The second-order valence-corrected chi connectivity index (χ2v) is 8.96. The van der Waals surface area contributed by atoms with Gasteiger partial charge in [-0.15, -0.1) is 0 Å². The minimum Gasteiger partial charge on any atom is -0.369 e. The molecule has 1 atom stereocenters. The largest absolute Gasteiger partial charge is 0.369 e. The number of hydrogen-bond acceptors (Lipinski definition) is 7. The van der Waals surface area contributed by atoms with Crippen LogP contribution in [0.2, 0.25) is 0 Å². The number of nitrogens with two attached hydrogens (primary N) is 1. The first-order valence-corrected chi connectivity index (χ1v) is 11.5. The normalized spacial score (nSPS) is 14.6. The highest BCUT2D eigenvalue weighted by atomic mass is 32.1. The van der Waals surface area contributed by atoms with Crippen molar-refractivity contribution in [1.29, 1.82) is 0 Å². The number of benzene rings is 1. The second-order valence-electron chi connectivity index (χ2n) is 8.96. The maximum atomic E-state index is 14.4. The lowest BCUT2D eigenvalue weighted by Gasteiger charge is -2.17. The number of nitrogens with one attached hydrogen (secondary N) is 2.